The summed E-state index contributed by atoms with van der Waals surface area (Å²) in [6, 6.07) is 4.25. The van der Waals surface area contributed by atoms with Crippen LogP contribution in [0.3, 0.4) is 0 Å². The quantitative estimate of drug-likeness (QED) is 0.455. The van der Waals surface area contributed by atoms with E-state index in [1.54, 1.807) is 17.1 Å². The minimum absolute atomic E-state index is 0.0409. The minimum Gasteiger partial charge on any atom is -0.361 e. The molecule has 0 spiro atoms. The van der Waals surface area contributed by atoms with Gasteiger partial charge in [0.1, 0.15) is 11.2 Å². The Kier molecular flexibility index (Phi) is 4.45. The third-order valence-corrected chi connectivity index (χ3v) is 6.06. The van der Waals surface area contributed by atoms with Gasteiger partial charge in [-0.2, -0.15) is 20.6 Å². The summed E-state index contributed by atoms with van der Waals surface area (Å²) in [4.78, 5) is 10.6. The number of nitriles is 1. The zero-order valence-electron chi connectivity index (χ0n) is 18.1. The molecule has 0 radical (unpaired) electrons. The van der Waals surface area contributed by atoms with Crippen molar-refractivity contribution in [1.29, 1.82) is 5.26 Å². The molecule has 4 aromatic rings. The highest BCUT2D eigenvalue weighted by molar-refractivity contribution is 5.84. The van der Waals surface area contributed by atoms with Crippen LogP contribution in [0.5, 0.6) is 0 Å². The van der Waals surface area contributed by atoms with Gasteiger partial charge >= 0.3 is 0 Å². The van der Waals surface area contributed by atoms with Crippen molar-refractivity contribution in [2.24, 2.45) is 13.0 Å². The van der Waals surface area contributed by atoms with Crippen LogP contribution >= 0.6 is 0 Å². The van der Waals surface area contributed by atoms with E-state index >= 15 is 0 Å². The molecular formula is C22H22N10. The molecule has 160 valence electrons. The van der Waals surface area contributed by atoms with Gasteiger partial charge in [-0.25, -0.2) is 16.1 Å². The molecule has 0 bridgehead atoms. The average Bonchev–Trinajstić information content (AvgIpc) is 3.48. The number of hydrogen-bond acceptors (Lipinski definition) is 6. The first-order valence-electron chi connectivity index (χ1n) is 10.3. The number of aryl methyl sites for hydroxylation is 1. The topological polar surface area (TPSA) is 97.2 Å². The maximum Gasteiger partial charge on any atom is 0.239 e. The summed E-state index contributed by atoms with van der Waals surface area (Å²) in [5.41, 5.74) is 3.67. The second-order valence-corrected chi connectivity index (χ2v) is 8.52. The van der Waals surface area contributed by atoms with Crippen LogP contribution in [0, 0.1) is 23.8 Å². The van der Waals surface area contributed by atoms with Crippen molar-refractivity contribution < 1.29 is 0 Å². The Hall–Kier alpha value is -4.18. The molecule has 32 heavy (non-hydrogen) atoms. The lowest BCUT2D eigenvalue weighted by atomic mass is 9.69. The second-order valence-electron chi connectivity index (χ2n) is 8.52. The van der Waals surface area contributed by atoms with Crippen LogP contribution < -0.4 is 4.90 Å². The Morgan fingerprint density at radius 1 is 1.28 bits per heavy atom. The first kappa shape index (κ1) is 19.8. The van der Waals surface area contributed by atoms with E-state index in [4.69, 9.17) is 16.7 Å². The van der Waals surface area contributed by atoms with Gasteiger partial charge in [0.25, 0.3) is 0 Å². The number of fused-ring (bicyclic) bond motifs is 1. The summed E-state index contributed by atoms with van der Waals surface area (Å²) < 4.78 is 5.43. The van der Waals surface area contributed by atoms with Gasteiger partial charge in [0, 0.05) is 39.1 Å². The van der Waals surface area contributed by atoms with E-state index in [0.717, 1.165) is 33.8 Å². The van der Waals surface area contributed by atoms with E-state index in [0.29, 0.717) is 19.4 Å². The van der Waals surface area contributed by atoms with Crippen molar-refractivity contribution in [1.82, 2.24) is 34.2 Å². The van der Waals surface area contributed by atoms with Crippen molar-refractivity contribution in [2.75, 3.05) is 25.5 Å². The van der Waals surface area contributed by atoms with E-state index in [1.807, 2.05) is 59.9 Å². The lowest BCUT2D eigenvalue weighted by Gasteiger charge is -2.41. The van der Waals surface area contributed by atoms with Crippen molar-refractivity contribution in [3.63, 3.8) is 0 Å². The molecule has 5 rings (SSSR count). The summed E-state index contributed by atoms with van der Waals surface area (Å²) in [6.07, 6.45) is 10.6. The summed E-state index contributed by atoms with van der Waals surface area (Å²) in [6.45, 7) is 7.74. The van der Waals surface area contributed by atoms with E-state index in [1.165, 1.54) is 0 Å². The van der Waals surface area contributed by atoms with Crippen LogP contribution in [0.2, 0.25) is 0 Å². The van der Waals surface area contributed by atoms with Crippen molar-refractivity contribution in [3.05, 3.63) is 48.5 Å². The maximum atomic E-state index is 9.30. The zero-order valence-corrected chi connectivity index (χ0v) is 18.1. The van der Waals surface area contributed by atoms with Crippen LogP contribution in [0.25, 0.3) is 32.9 Å². The lowest BCUT2D eigenvalue weighted by Crippen LogP contribution is -2.48. The molecular weight excluding hydrogens is 404 g/mol. The Bertz CT molecular complexity index is 1380. The molecule has 10 heteroatoms. The third-order valence-electron chi connectivity index (χ3n) is 6.06. The fourth-order valence-electron chi connectivity index (χ4n) is 4.41. The van der Waals surface area contributed by atoms with Gasteiger partial charge < -0.3 is 9.74 Å². The molecule has 0 aliphatic heterocycles. The van der Waals surface area contributed by atoms with Crippen LogP contribution in [0.4, 0.5) is 5.82 Å². The second kappa shape index (κ2) is 7.20. The average molecular weight is 426 g/mol. The van der Waals surface area contributed by atoms with Gasteiger partial charge in [-0.1, -0.05) is 0 Å². The van der Waals surface area contributed by atoms with Crippen LogP contribution in [0.1, 0.15) is 12.8 Å². The molecule has 0 N–H and O–H groups in total. The number of nitrogens with zero attached hydrogens (tertiary/aromatic N) is 10. The fraction of sp³-hybridized carbons (Fsp3) is 0.364. The largest absolute Gasteiger partial charge is 0.361 e. The molecule has 10 nitrogen and oxygen atoms in total. The standard InChI is InChI=1S/C22H22N10/c1-24-14-22(7-15(8-22)9-23)32-12-17(21(28-32)29(2)3)20-19-5-6-25-31(19)13-18(27-20)16-10-26-30(4)11-16/h5-6,10-13,15H,7-8,14H2,2-4H3. The third kappa shape index (κ3) is 3.00. The molecule has 1 aliphatic carbocycles. The highest BCUT2D eigenvalue weighted by Gasteiger charge is 2.50. The number of anilines is 1. The Morgan fingerprint density at radius 3 is 2.75 bits per heavy atom. The van der Waals surface area contributed by atoms with Crippen molar-refractivity contribution >= 4 is 11.3 Å². The molecule has 1 aliphatic rings. The SMILES string of the molecule is [C-]#[N+]CC1(n2cc(-c3nc(-c4cnn(C)c4)cn4nccc34)c(N(C)C)n2)CC(C#N)C1. The van der Waals surface area contributed by atoms with Crippen molar-refractivity contribution in [2.45, 2.75) is 18.4 Å². The molecule has 4 heterocycles. The molecule has 1 saturated carbocycles. The van der Waals surface area contributed by atoms with E-state index in [-0.39, 0.29) is 5.92 Å². The van der Waals surface area contributed by atoms with Gasteiger partial charge in [-0.15, -0.1) is 0 Å². The molecule has 0 atom stereocenters. The van der Waals surface area contributed by atoms with Gasteiger partial charge in [0.05, 0.1) is 47.4 Å². The van der Waals surface area contributed by atoms with Gasteiger partial charge in [0.2, 0.25) is 6.54 Å². The fourth-order valence-corrected chi connectivity index (χ4v) is 4.41. The van der Waals surface area contributed by atoms with Gasteiger partial charge in [-0.05, 0) is 18.9 Å². The highest BCUT2D eigenvalue weighted by atomic mass is 15.4. The molecule has 0 saturated heterocycles. The lowest BCUT2D eigenvalue weighted by molar-refractivity contribution is 0.102. The van der Waals surface area contributed by atoms with E-state index < -0.39 is 5.54 Å². The van der Waals surface area contributed by atoms with Crippen LogP contribution in [0.15, 0.2) is 37.1 Å². The summed E-state index contributed by atoms with van der Waals surface area (Å²) in [5, 5.41) is 22.9. The molecule has 0 unspecified atom stereocenters. The summed E-state index contributed by atoms with van der Waals surface area (Å²) in [7, 11) is 5.75. The first-order valence-corrected chi connectivity index (χ1v) is 10.3. The van der Waals surface area contributed by atoms with Gasteiger partial charge in [0.15, 0.2) is 5.82 Å². The highest BCUT2D eigenvalue weighted by Crippen LogP contribution is 2.45. The predicted molar refractivity (Wildman–Crippen MR) is 119 cm³/mol. The Morgan fingerprint density at radius 2 is 2.09 bits per heavy atom. The van der Waals surface area contributed by atoms with Gasteiger partial charge in [-0.3, -0.25) is 9.36 Å². The smallest absolute Gasteiger partial charge is 0.239 e. The number of rotatable bonds is 5. The number of aromatic nitrogens is 7. The minimum atomic E-state index is -0.456. The normalized spacial score (nSPS) is 20.0. The summed E-state index contributed by atoms with van der Waals surface area (Å²) in [5.74, 6) is 0.717. The summed E-state index contributed by atoms with van der Waals surface area (Å²) >= 11 is 0. The molecule has 1 fully saturated rings. The monoisotopic (exact) mass is 426 g/mol. The number of hydrogen-bond donors (Lipinski definition) is 0. The van der Waals surface area contributed by atoms with E-state index in [2.05, 4.69) is 21.1 Å². The Balaban J connectivity index is 1.69. The predicted octanol–water partition coefficient (Wildman–Crippen LogP) is 2.61. The zero-order chi connectivity index (χ0) is 22.5. The van der Waals surface area contributed by atoms with Crippen LogP contribution in [-0.2, 0) is 12.6 Å². The van der Waals surface area contributed by atoms with Crippen molar-refractivity contribution in [3.8, 4) is 28.6 Å². The Labute approximate surface area is 185 Å². The molecule has 4 aromatic heterocycles. The van der Waals surface area contributed by atoms with E-state index in [9.17, 15) is 5.26 Å². The molecule has 0 aromatic carbocycles. The molecule has 0 amide bonds. The van der Waals surface area contributed by atoms with Crippen LogP contribution in [-0.4, -0.2) is 54.8 Å². The maximum absolute atomic E-state index is 9.30. The first-order chi connectivity index (χ1) is 15.4.